The molecule has 0 saturated carbocycles. The molecule has 5 atom stereocenters. The van der Waals surface area contributed by atoms with E-state index in [2.05, 4.69) is 10.3 Å². The van der Waals surface area contributed by atoms with Crippen LogP contribution in [0.3, 0.4) is 0 Å². The van der Waals surface area contributed by atoms with Gasteiger partial charge in [-0.3, -0.25) is 14.4 Å². The van der Waals surface area contributed by atoms with E-state index in [-0.39, 0.29) is 24.5 Å². The van der Waals surface area contributed by atoms with Crippen LogP contribution < -0.4 is 10.1 Å². The van der Waals surface area contributed by atoms with Gasteiger partial charge >= 0.3 is 17.9 Å². The smallest absolute Gasteiger partial charge is 0.332 e. The summed E-state index contributed by atoms with van der Waals surface area (Å²) in [5, 5.41) is 12.7. The number of methoxy groups -OCH3 is 1. The number of hydrogen-bond donors (Lipinski definition) is 2. The number of benzene rings is 1. The van der Waals surface area contributed by atoms with Crippen LogP contribution in [0.15, 0.2) is 42.6 Å². The number of ether oxygens (including phenoxy) is 4. The molecule has 0 radical (unpaired) electrons. The van der Waals surface area contributed by atoms with Gasteiger partial charge in [0.05, 0.1) is 7.11 Å². The maximum atomic E-state index is 13.5. The Morgan fingerprint density at radius 1 is 1.05 bits per heavy atom. The van der Waals surface area contributed by atoms with Crippen LogP contribution >= 0.6 is 0 Å². The van der Waals surface area contributed by atoms with E-state index < -0.39 is 65.5 Å². The summed E-state index contributed by atoms with van der Waals surface area (Å²) in [6.45, 7) is 6.65. The third-order valence-electron chi connectivity index (χ3n) is 6.24. The molecule has 0 spiro atoms. The van der Waals surface area contributed by atoms with E-state index in [4.69, 9.17) is 18.9 Å². The summed E-state index contributed by atoms with van der Waals surface area (Å²) in [5.41, 5.74) is 0.398. The van der Waals surface area contributed by atoms with Crippen molar-refractivity contribution in [2.75, 3.05) is 7.11 Å². The van der Waals surface area contributed by atoms with Gasteiger partial charge in [0, 0.05) is 18.7 Å². The Morgan fingerprint density at radius 2 is 1.72 bits per heavy atom. The standard InChI is InChI=1S/C28H34N2O9/c1-15(2)13-21(31)39-25-17(4)38-28(35)22(30-26(33)23-24(32)20(36-5)11-12-29-23)16(3)37-27(34)19(25)14-18-9-7-6-8-10-18/h6-12,15-17,19,22,25,32H,13-14H2,1-5H3,(H,30,33)/t16-,17+,19-,22+,25+/m1/s1. The van der Waals surface area contributed by atoms with Gasteiger partial charge in [0.2, 0.25) is 0 Å². The number of aromatic hydroxyl groups is 1. The number of carbonyl (C=O) groups excluding carboxylic acids is 4. The molecule has 0 unspecified atom stereocenters. The summed E-state index contributed by atoms with van der Waals surface area (Å²) in [7, 11) is 1.31. The monoisotopic (exact) mass is 542 g/mol. The molecule has 2 heterocycles. The molecule has 11 heteroatoms. The maximum Gasteiger partial charge on any atom is 0.332 e. The van der Waals surface area contributed by atoms with Crippen LogP contribution in [0, 0.1) is 11.8 Å². The second kappa shape index (κ2) is 13.1. The van der Waals surface area contributed by atoms with Crippen molar-refractivity contribution >= 4 is 23.8 Å². The van der Waals surface area contributed by atoms with E-state index in [0.29, 0.717) is 0 Å². The zero-order valence-corrected chi connectivity index (χ0v) is 22.6. The summed E-state index contributed by atoms with van der Waals surface area (Å²) in [4.78, 5) is 56.1. The molecular weight excluding hydrogens is 508 g/mol. The van der Waals surface area contributed by atoms with Crippen LogP contribution in [0.2, 0.25) is 0 Å². The quantitative estimate of drug-likeness (QED) is 0.376. The highest BCUT2D eigenvalue weighted by Crippen LogP contribution is 2.29. The fourth-order valence-corrected chi connectivity index (χ4v) is 4.25. The summed E-state index contributed by atoms with van der Waals surface area (Å²) in [6, 6.07) is 9.02. The highest BCUT2D eigenvalue weighted by molar-refractivity contribution is 5.98. The number of aromatic nitrogens is 1. The van der Waals surface area contributed by atoms with E-state index in [0.717, 1.165) is 5.56 Å². The number of nitrogens with one attached hydrogen (secondary N) is 1. The first-order chi connectivity index (χ1) is 18.5. The van der Waals surface area contributed by atoms with Gasteiger partial charge in [0.15, 0.2) is 29.3 Å². The lowest BCUT2D eigenvalue weighted by molar-refractivity contribution is -0.175. The third-order valence-corrected chi connectivity index (χ3v) is 6.24. The molecule has 1 aliphatic rings. The molecule has 1 aliphatic heterocycles. The van der Waals surface area contributed by atoms with Gasteiger partial charge < -0.3 is 29.4 Å². The zero-order chi connectivity index (χ0) is 28.7. The van der Waals surface area contributed by atoms with Crippen molar-refractivity contribution in [1.82, 2.24) is 10.3 Å². The second-order valence-corrected chi connectivity index (χ2v) is 9.79. The maximum absolute atomic E-state index is 13.5. The molecule has 2 aromatic rings. The third kappa shape index (κ3) is 7.46. The normalized spacial score (nSPS) is 23.5. The van der Waals surface area contributed by atoms with Crippen LogP contribution in [0.25, 0.3) is 0 Å². The van der Waals surface area contributed by atoms with Gasteiger partial charge in [0.25, 0.3) is 5.91 Å². The predicted octanol–water partition coefficient (Wildman–Crippen LogP) is 2.59. The van der Waals surface area contributed by atoms with E-state index in [1.807, 2.05) is 44.2 Å². The van der Waals surface area contributed by atoms with Gasteiger partial charge in [-0.05, 0) is 31.7 Å². The first-order valence-corrected chi connectivity index (χ1v) is 12.7. The van der Waals surface area contributed by atoms with Crippen LogP contribution in [0.4, 0.5) is 0 Å². The molecular formula is C28H34N2O9. The summed E-state index contributed by atoms with van der Waals surface area (Å²) >= 11 is 0. The number of hydrogen-bond acceptors (Lipinski definition) is 10. The van der Waals surface area contributed by atoms with Crippen molar-refractivity contribution in [3.63, 3.8) is 0 Å². The highest BCUT2D eigenvalue weighted by Gasteiger charge is 2.44. The molecule has 1 fully saturated rings. The van der Waals surface area contributed by atoms with Gasteiger partial charge in [-0.15, -0.1) is 0 Å². The summed E-state index contributed by atoms with van der Waals surface area (Å²) in [5.74, 6) is -4.59. The molecule has 1 amide bonds. The number of cyclic esters (lactones) is 2. The Kier molecular flexibility index (Phi) is 9.86. The minimum atomic E-state index is -1.45. The minimum absolute atomic E-state index is 0.00691. The minimum Gasteiger partial charge on any atom is -0.503 e. The number of rotatable bonds is 8. The average Bonchev–Trinajstić information content (AvgIpc) is 2.90. The Balaban J connectivity index is 1.92. The fourth-order valence-electron chi connectivity index (χ4n) is 4.25. The van der Waals surface area contributed by atoms with Crippen molar-refractivity contribution in [1.29, 1.82) is 0 Å². The molecule has 1 aromatic heterocycles. The molecule has 3 rings (SSSR count). The summed E-state index contributed by atoms with van der Waals surface area (Å²) < 4.78 is 22.0. The number of pyridine rings is 1. The number of carbonyl (C=O) groups is 4. The Labute approximate surface area is 226 Å². The van der Waals surface area contributed by atoms with Gasteiger partial charge in [-0.1, -0.05) is 44.2 Å². The number of amides is 1. The lowest BCUT2D eigenvalue weighted by atomic mass is 9.91. The van der Waals surface area contributed by atoms with E-state index >= 15 is 0 Å². The molecule has 2 N–H and O–H groups in total. The molecule has 210 valence electrons. The molecule has 1 saturated heterocycles. The molecule has 39 heavy (non-hydrogen) atoms. The predicted molar refractivity (Wildman–Crippen MR) is 138 cm³/mol. The lowest BCUT2D eigenvalue weighted by Crippen LogP contribution is -2.50. The second-order valence-electron chi connectivity index (χ2n) is 9.79. The van der Waals surface area contributed by atoms with Gasteiger partial charge in [-0.25, -0.2) is 9.78 Å². The average molecular weight is 543 g/mol. The van der Waals surface area contributed by atoms with Crippen LogP contribution in [0.1, 0.15) is 50.2 Å². The molecule has 0 bridgehead atoms. The number of esters is 3. The largest absolute Gasteiger partial charge is 0.503 e. The SMILES string of the molecule is COc1ccnc(C(=O)N[C@@H]2C(=O)O[C@@H](C)[C@H](OC(=O)CC(C)C)[C@@H](Cc3ccccc3)C(=O)O[C@@H]2C)c1O. The Morgan fingerprint density at radius 3 is 2.36 bits per heavy atom. The zero-order valence-electron chi connectivity index (χ0n) is 22.6. The summed E-state index contributed by atoms with van der Waals surface area (Å²) in [6.07, 6.45) is -1.84. The van der Waals surface area contributed by atoms with Crippen molar-refractivity contribution in [3.05, 3.63) is 53.9 Å². The molecule has 0 aliphatic carbocycles. The van der Waals surface area contributed by atoms with Crippen molar-refractivity contribution in [3.8, 4) is 11.5 Å². The van der Waals surface area contributed by atoms with Gasteiger partial charge in [-0.2, -0.15) is 0 Å². The highest BCUT2D eigenvalue weighted by atomic mass is 16.6. The molecule has 1 aromatic carbocycles. The topological polar surface area (TPSA) is 150 Å². The number of nitrogens with zero attached hydrogens (tertiary/aromatic N) is 1. The first-order valence-electron chi connectivity index (χ1n) is 12.7. The Bertz CT molecular complexity index is 1180. The van der Waals surface area contributed by atoms with Crippen molar-refractivity contribution in [2.45, 2.75) is 64.9 Å². The lowest BCUT2D eigenvalue weighted by Gasteiger charge is -2.29. The Hall–Kier alpha value is -4.15. The first kappa shape index (κ1) is 29.4. The van der Waals surface area contributed by atoms with Crippen LogP contribution in [0.5, 0.6) is 11.5 Å². The van der Waals surface area contributed by atoms with E-state index in [9.17, 15) is 24.3 Å². The van der Waals surface area contributed by atoms with E-state index in [1.165, 1.54) is 33.2 Å². The van der Waals surface area contributed by atoms with Crippen LogP contribution in [-0.4, -0.2) is 65.4 Å². The van der Waals surface area contributed by atoms with Gasteiger partial charge in [0.1, 0.15) is 18.1 Å². The van der Waals surface area contributed by atoms with Crippen LogP contribution in [-0.2, 0) is 35.0 Å². The molecule has 11 nitrogen and oxygen atoms in total. The van der Waals surface area contributed by atoms with Crippen molar-refractivity contribution < 1.29 is 43.2 Å². The fraction of sp³-hybridized carbons (Fsp3) is 0.464. The van der Waals surface area contributed by atoms with Crippen molar-refractivity contribution in [2.24, 2.45) is 11.8 Å². The van der Waals surface area contributed by atoms with E-state index in [1.54, 1.807) is 0 Å².